The van der Waals surface area contributed by atoms with Gasteiger partial charge in [0.1, 0.15) is 0 Å². The number of nitrogens with zero attached hydrogens (tertiary/aromatic N) is 2. The van der Waals surface area contributed by atoms with Crippen LogP contribution in [0.25, 0.3) is 0 Å². The second-order valence-corrected chi connectivity index (χ2v) is 7.94. The molecule has 150 valence electrons. The maximum absolute atomic E-state index is 11.4. The fraction of sp³-hybridized carbons (Fsp3) is 0.933. The number of nitrogens with one attached hydrogen (secondary N) is 2. The highest BCUT2D eigenvalue weighted by Crippen LogP contribution is 2.02. The van der Waals surface area contributed by atoms with Gasteiger partial charge in [0, 0.05) is 53.0 Å². The summed E-state index contributed by atoms with van der Waals surface area (Å²) in [6.07, 6.45) is 0.865. The van der Waals surface area contributed by atoms with Crippen molar-refractivity contribution in [1.29, 1.82) is 0 Å². The summed E-state index contributed by atoms with van der Waals surface area (Å²) < 4.78 is 33.1. The SMILES string of the molecule is CCNC(=NCCCOCCOC)NCCN1CCS(=O)(=O)CC1.I. The van der Waals surface area contributed by atoms with Crippen molar-refractivity contribution < 1.29 is 17.9 Å². The van der Waals surface area contributed by atoms with Gasteiger partial charge in [0.25, 0.3) is 0 Å². The molecule has 0 atom stereocenters. The van der Waals surface area contributed by atoms with Crippen molar-refractivity contribution in [2.24, 2.45) is 4.99 Å². The minimum absolute atomic E-state index is 0. The Kier molecular flexibility index (Phi) is 14.8. The molecule has 0 aromatic rings. The summed E-state index contributed by atoms with van der Waals surface area (Å²) in [5, 5.41) is 6.50. The summed E-state index contributed by atoms with van der Waals surface area (Å²) in [4.78, 5) is 6.67. The molecule has 0 aliphatic carbocycles. The van der Waals surface area contributed by atoms with Crippen LogP contribution >= 0.6 is 24.0 Å². The minimum Gasteiger partial charge on any atom is -0.382 e. The van der Waals surface area contributed by atoms with E-state index in [0.29, 0.717) is 39.5 Å². The van der Waals surface area contributed by atoms with E-state index in [1.807, 2.05) is 6.92 Å². The van der Waals surface area contributed by atoms with Crippen LogP contribution in [0, 0.1) is 0 Å². The third kappa shape index (κ3) is 12.8. The first-order valence-corrected chi connectivity index (χ1v) is 10.4. The summed E-state index contributed by atoms with van der Waals surface area (Å²) >= 11 is 0. The van der Waals surface area contributed by atoms with Crippen LogP contribution < -0.4 is 10.6 Å². The Morgan fingerprint density at radius 1 is 1.16 bits per heavy atom. The Morgan fingerprint density at radius 3 is 2.52 bits per heavy atom. The van der Waals surface area contributed by atoms with E-state index in [2.05, 4.69) is 20.5 Å². The summed E-state index contributed by atoms with van der Waals surface area (Å²) in [7, 11) is -1.15. The number of methoxy groups -OCH3 is 1. The maximum Gasteiger partial charge on any atom is 0.191 e. The minimum atomic E-state index is -2.81. The first-order valence-electron chi connectivity index (χ1n) is 8.59. The van der Waals surface area contributed by atoms with Crippen LogP contribution in [-0.2, 0) is 19.3 Å². The normalized spacial score (nSPS) is 17.8. The van der Waals surface area contributed by atoms with E-state index in [-0.39, 0.29) is 35.5 Å². The molecule has 0 aromatic heterocycles. The summed E-state index contributed by atoms with van der Waals surface area (Å²) in [6, 6.07) is 0. The lowest BCUT2D eigenvalue weighted by Gasteiger charge is -2.26. The van der Waals surface area contributed by atoms with Crippen molar-refractivity contribution >= 4 is 39.8 Å². The Balaban J connectivity index is 0.00000576. The molecule has 0 radical (unpaired) electrons. The fourth-order valence-corrected chi connectivity index (χ4v) is 3.53. The molecule has 1 aliphatic heterocycles. The van der Waals surface area contributed by atoms with E-state index >= 15 is 0 Å². The van der Waals surface area contributed by atoms with Crippen molar-refractivity contribution in [3.8, 4) is 0 Å². The standard InChI is InChI=1S/C15H32N4O4S.HI/c1-3-16-15(17-5-4-10-23-12-11-22-2)18-6-7-19-8-13-24(20,21)14-9-19;/h3-14H2,1-2H3,(H2,16,17,18);1H. The molecule has 2 N–H and O–H groups in total. The number of guanidine groups is 1. The van der Waals surface area contributed by atoms with Crippen LogP contribution in [0.3, 0.4) is 0 Å². The molecule has 1 saturated heterocycles. The zero-order valence-electron chi connectivity index (χ0n) is 15.3. The molecule has 1 heterocycles. The molecule has 10 heteroatoms. The second kappa shape index (κ2) is 14.9. The molecule has 1 fully saturated rings. The lowest BCUT2D eigenvalue weighted by atomic mass is 10.4. The quantitative estimate of drug-likeness (QED) is 0.181. The van der Waals surface area contributed by atoms with Crippen LogP contribution in [0.2, 0.25) is 0 Å². The molecule has 0 aromatic carbocycles. The summed E-state index contributed by atoms with van der Waals surface area (Å²) in [6.45, 7) is 8.25. The van der Waals surface area contributed by atoms with Gasteiger partial charge >= 0.3 is 0 Å². The molecule has 0 bridgehead atoms. The van der Waals surface area contributed by atoms with E-state index in [9.17, 15) is 8.42 Å². The Labute approximate surface area is 169 Å². The van der Waals surface area contributed by atoms with Crippen LogP contribution in [0.5, 0.6) is 0 Å². The predicted molar refractivity (Wildman–Crippen MR) is 112 cm³/mol. The van der Waals surface area contributed by atoms with E-state index in [0.717, 1.165) is 32.0 Å². The molecular weight excluding hydrogens is 459 g/mol. The molecule has 8 nitrogen and oxygen atoms in total. The number of hydrogen-bond donors (Lipinski definition) is 2. The molecule has 1 aliphatic rings. The lowest BCUT2D eigenvalue weighted by Crippen LogP contribution is -2.46. The van der Waals surface area contributed by atoms with E-state index < -0.39 is 9.84 Å². The van der Waals surface area contributed by atoms with Crippen molar-refractivity contribution in [3.63, 3.8) is 0 Å². The first-order chi connectivity index (χ1) is 11.6. The highest BCUT2D eigenvalue weighted by molar-refractivity contribution is 14.0. The van der Waals surface area contributed by atoms with Gasteiger partial charge in [-0.3, -0.25) is 9.89 Å². The van der Waals surface area contributed by atoms with Crippen LogP contribution in [0.15, 0.2) is 4.99 Å². The van der Waals surface area contributed by atoms with Gasteiger partial charge in [0.05, 0.1) is 24.7 Å². The average molecular weight is 492 g/mol. The Morgan fingerprint density at radius 2 is 1.88 bits per heavy atom. The third-order valence-corrected chi connectivity index (χ3v) is 5.26. The van der Waals surface area contributed by atoms with Crippen LogP contribution in [0.4, 0.5) is 0 Å². The van der Waals surface area contributed by atoms with Crippen molar-refractivity contribution in [2.75, 3.05) is 77.7 Å². The van der Waals surface area contributed by atoms with Crippen molar-refractivity contribution in [3.05, 3.63) is 0 Å². The van der Waals surface area contributed by atoms with Crippen LogP contribution in [0.1, 0.15) is 13.3 Å². The smallest absolute Gasteiger partial charge is 0.191 e. The van der Waals surface area contributed by atoms with Gasteiger partial charge in [-0.15, -0.1) is 24.0 Å². The topological polar surface area (TPSA) is 92.3 Å². The molecule has 25 heavy (non-hydrogen) atoms. The zero-order valence-corrected chi connectivity index (χ0v) is 18.5. The largest absolute Gasteiger partial charge is 0.382 e. The van der Waals surface area contributed by atoms with Gasteiger partial charge in [0.15, 0.2) is 15.8 Å². The van der Waals surface area contributed by atoms with Gasteiger partial charge < -0.3 is 20.1 Å². The average Bonchev–Trinajstić information content (AvgIpc) is 2.55. The van der Waals surface area contributed by atoms with E-state index in [4.69, 9.17) is 9.47 Å². The summed E-state index contributed by atoms with van der Waals surface area (Å²) in [5.74, 6) is 1.33. The summed E-state index contributed by atoms with van der Waals surface area (Å²) in [5.41, 5.74) is 0. The number of aliphatic imine (C=N–C) groups is 1. The van der Waals surface area contributed by atoms with Crippen LogP contribution in [-0.4, -0.2) is 97.0 Å². The molecule has 0 unspecified atom stereocenters. The van der Waals surface area contributed by atoms with E-state index in [1.54, 1.807) is 7.11 Å². The molecule has 0 amide bonds. The molecule has 0 saturated carbocycles. The number of sulfone groups is 1. The Bertz CT molecular complexity index is 448. The fourth-order valence-electron chi connectivity index (χ4n) is 2.25. The molecular formula is C15H33IN4O4S. The van der Waals surface area contributed by atoms with E-state index in [1.165, 1.54) is 0 Å². The van der Waals surface area contributed by atoms with Gasteiger partial charge in [0.2, 0.25) is 0 Å². The Hall–Kier alpha value is -0.170. The number of hydrogen-bond acceptors (Lipinski definition) is 6. The molecule has 0 spiro atoms. The highest BCUT2D eigenvalue weighted by atomic mass is 127. The monoisotopic (exact) mass is 492 g/mol. The maximum atomic E-state index is 11.4. The predicted octanol–water partition coefficient (Wildman–Crippen LogP) is -0.0570. The number of ether oxygens (including phenoxy) is 2. The number of rotatable bonds is 11. The highest BCUT2D eigenvalue weighted by Gasteiger charge is 2.20. The second-order valence-electron chi connectivity index (χ2n) is 5.64. The van der Waals surface area contributed by atoms with Gasteiger partial charge in [-0.1, -0.05) is 0 Å². The number of halogens is 1. The van der Waals surface area contributed by atoms with Crippen molar-refractivity contribution in [1.82, 2.24) is 15.5 Å². The third-order valence-electron chi connectivity index (χ3n) is 3.65. The zero-order chi connectivity index (χ0) is 17.7. The molecule has 1 rings (SSSR count). The van der Waals surface area contributed by atoms with Gasteiger partial charge in [-0.25, -0.2) is 8.42 Å². The van der Waals surface area contributed by atoms with Gasteiger partial charge in [-0.05, 0) is 13.3 Å². The van der Waals surface area contributed by atoms with Gasteiger partial charge in [-0.2, -0.15) is 0 Å². The first kappa shape index (κ1) is 24.8. The lowest BCUT2D eigenvalue weighted by molar-refractivity contribution is 0.0702. The van der Waals surface area contributed by atoms with Crippen molar-refractivity contribution in [2.45, 2.75) is 13.3 Å².